The first-order valence-corrected chi connectivity index (χ1v) is 5.50. The van der Waals surface area contributed by atoms with E-state index in [1.165, 1.54) is 0 Å². The minimum Gasteiger partial charge on any atom is -0.395 e. The molecular formula is C11H23NO2. The fourth-order valence-corrected chi connectivity index (χ4v) is 1.71. The van der Waals surface area contributed by atoms with Crippen LogP contribution in [0.5, 0.6) is 0 Å². The Balaban J connectivity index is 4.04. The zero-order chi connectivity index (χ0) is 11.0. The quantitative estimate of drug-likeness (QED) is 0.646. The number of aliphatic hydroxyl groups excluding tert-OH is 1. The lowest BCUT2D eigenvalue weighted by molar-refractivity contribution is -0.117. The number of aliphatic hydroxyl groups is 1. The first-order valence-electron chi connectivity index (χ1n) is 5.50. The molecule has 0 amide bonds. The zero-order valence-electron chi connectivity index (χ0n) is 9.62. The van der Waals surface area contributed by atoms with Crippen LogP contribution in [0.25, 0.3) is 0 Å². The number of ketones is 1. The van der Waals surface area contributed by atoms with E-state index in [1.807, 2.05) is 0 Å². The summed E-state index contributed by atoms with van der Waals surface area (Å²) in [7, 11) is 0. The average Bonchev–Trinajstić information content (AvgIpc) is 2.15. The summed E-state index contributed by atoms with van der Waals surface area (Å²) in [4.78, 5) is 13.1. The predicted octanol–water partition coefficient (Wildman–Crippen LogP) is 1.45. The Morgan fingerprint density at radius 1 is 1.29 bits per heavy atom. The summed E-state index contributed by atoms with van der Waals surface area (Å²) in [5, 5.41) is 8.92. The maximum absolute atomic E-state index is 10.9. The smallest absolute Gasteiger partial charge is 0.131 e. The second kappa shape index (κ2) is 7.94. The SMILES string of the molecule is CCC(CC)N(CCO)CCC(C)=O. The van der Waals surface area contributed by atoms with Crippen molar-refractivity contribution < 1.29 is 9.90 Å². The summed E-state index contributed by atoms with van der Waals surface area (Å²) in [6.07, 6.45) is 2.75. The molecule has 0 heterocycles. The maximum Gasteiger partial charge on any atom is 0.131 e. The number of carbonyl (C=O) groups is 1. The maximum atomic E-state index is 10.9. The monoisotopic (exact) mass is 201 g/mol. The molecule has 0 rings (SSSR count). The highest BCUT2D eigenvalue weighted by Gasteiger charge is 2.14. The lowest BCUT2D eigenvalue weighted by Gasteiger charge is -2.29. The van der Waals surface area contributed by atoms with Gasteiger partial charge < -0.3 is 5.11 Å². The van der Waals surface area contributed by atoms with Crippen molar-refractivity contribution in [2.45, 2.75) is 46.1 Å². The van der Waals surface area contributed by atoms with Gasteiger partial charge in [0, 0.05) is 25.6 Å². The van der Waals surface area contributed by atoms with E-state index in [-0.39, 0.29) is 12.4 Å². The minimum atomic E-state index is 0.175. The molecular weight excluding hydrogens is 178 g/mol. The van der Waals surface area contributed by atoms with Crippen molar-refractivity contribution in [1.82, 2.24) is 4.90 Å². The van der Waals surface area contributed by atoms with Crippen LogP contribution in [-0.4, -0.2) is 41.5 Å². The van der Waals surface area contributed by atoms with Gasteiger partial charge in [-0.15, -0.1) is 0 Å². The largest absolute Gasteiger partial charge is 0.395 e. The molecule has 0 aliphatic carbocycles. The van der Waals surface area contributed by atoms with Crippen molar-refractivity contribution >= 4 is 5.78 Å². The standard InChI is InChI=1S/C11H23NO2/c1-4-11(5-2)12(8-9-13)7-6-10(3)14/h11,13H,4-9H2,1-3H3. The van der Waals surface area contributed by atoms with Gasteiger partial charge in [-0.1, -0.05) is 13.8 Å². The van der Waals surface area contributed by atoms with Gasteiger partial charge in [0.2, 0.25) is 0 Å². The molecule has 0 aromatic heterocycles. The minimum absolute atomic E-state index is 0.175. The van der Waals surface area contributed by atoms with Crippen molar-refractivity contribution in [2.24, 2.45) is 0 Å². The second-order valence-electron chi connectivity index (χ2n) is 3.68. The van der Waals surface area contributed by atoms with Crippen LogP contribution >= 0.6 is 0 Å². The molecule has 0 saturated heterocycles. The van der Waals surface area contributed by atoms with Gasteiger partial charge >= 0.3 is 0 Å². The molecule has 3 heteroatoms. The van der Waals surface area contributed by atoms with Crippen LogP contribution in [0.3, 0.4) is 0 Å². The molecule has 0 atom stereocenters. The summed E-state index contributed by atoms with van der Waals surface area (Å²) in [6.45, 7) is 7.54. The fraction of sp³-hybridized carbons (Fsp3) is 0.909. The summed E-state index contributed by atoms with van der Waals surface area (Å²) in [5.74, 6) is 0.221. The molecule has 14 heavy (non-hydrogen) atoms. The van der Waals surface area contributed by atoms with E-state index in [2.05, 4.69) is 18.7 Å². The van der Waals surface area contributed by atoms with Crippen molar-refractivity contribution in [3.05, 3.63) is 0 Å². The fourth-order valence-electron chi connectivity index (χ4n) is 1.71. The Kier molecular flexibility index (Phi) is 7.71. The van der Waals surface area contributed by atoms with Crippen molar-refractivity contribution in [3.8, 4) is 0 Å². The van der Waals surface area contributed by atoms with E-state index in [0.717, 1.165) is 19.4 Å². The highest BCUT2D eigenvalue weighted by Crippen LogP contribution is 2.08. The van der Waals surface area contributed by atoms with Crippen molar-refractivity contribution in [2.75, 3.05) is 19.7 Å². The Morgan fingerprint density at radius 3 is 2.21 bits per heavy atom. The third-order valence-electron chi connectivity index (χ3n) is 2.60. The number of hydrogen-bond acceptors (Lipinski definition) is 3. The van der Waals surface area contributed by atoms with Crippen LogP contribution in [0, 0.1) is 0 Å². The number of carbonyl (C=O) groups excluding carboxylic acids is 1. The van der Waals surface area contributed by atoms with Crippen LogP contribution in [0.1, 0.15) is 40.0 Å². The zero-order valence-corrected chi connectivity index (χ0v) is 9.62. The number of hydrogen-bond donors (Lipinski definition) is 1. The van der Waals surface area contributed by atoms with Gasteiger partial charge in [-0.3, -0.25) is 9.69 Å². The molecule has 0 aliphatic heterocycles. The van der Waals surface area contributed by atoms with E-state index in [0.29, 0.717) is 19.0 Å². The highest BCUT2D eigenvalue weighted by molar-refractivity contribution is 5.75. The van der Waals surface area contributed by atoms with Gasteiger partial charge in [0.25, 0.3) is 0 Å². The van der Waals surface area contributed by atoms with Crippen LogP contribution in [0.15, 0.2) is 0 Å². The molecule has 0 fully saturated rings. The number of rotatable bonds is 8. The van der Waals surface area contributed by atoms with E-state index < -0.39 is 0 Å². The predicted molar refractivity (Wildman–Crippen MR) is 58.3 cm³/mol. The Morgan fingerprint density at radius 2 is 1.86 bits per heavy atom. The lowest BCUT2D eigenvalue weighted by Crippen LogP contribution is -2.38. The van der Waals surface area contributed by atoms with E-state index >= 15 is 0 Å². The molecule has 0 saturated carbocycles. The van der Waals surface area contributed by atoms with Gasteiger partial charge in [-0.25, -0.2) is 0 Å². The molecule has 3 nitrogen and oxygen atoms in total. The molecule has 0 unspecified atom stereocenters. The summed E-state index contributed by atoms with van der Waals surface area (Å²) >= 11 is 0. The Labute approximate surface area is 87.1 Å². The number of nitrogens with zero attached hydrogens (tertiary/aromatic N) is 1. The van der Waals surface area contributed by atoms with Gasteiger partial charge in [0.15, 0.2) is 0 Å². The molecule has 0 aromatic carbocycles. The molecule has 0 aliphatic rings. The highest BCUT2D eigenvalue weighted by atomic mass is 16.3. The van der Waals surface area contributed by atoms with Crippen LogP contribution in [0.2, 0.25) is 0 Å². The van der Waals surface area contributed by atoms with Crippen molar-refractivity contribution in [1.29, 1.82) is 0 Å². The molecule has 1 N–H and O–H groups in total. The number of Topliss-reactive ketones (excluding diaryl/α,β-unsaturated/α-hetero) is 1. The van der Waals surface area contributed by atoms with Gasteiger partial charge in [-0.2, -0.15) is 0 Å². The van der Waals surface area contributed by atoms with E-state index in [1.54, 1.807) is 6.92 Å². The molecule has 0 aromatic rings. The normalized spacial score (nSPS) is 11.3. The summed E-state index contributed by atoms with van der Waals surface area (Å²) in [6, 6.07) is 0.501. The van der Waals surface area contributed by atoms with Crippen molar-refractivity contribution in [3.63, 3.8) is 0 Å². The Hall–Kier alpha value is -0.410. The topological polar surface area (TPSA) is 40.5 Å². The third kappa shape index (κ3) is 5.35. The molecule has 0 bridgehead atoms. The van der Waals surface area contributed by atoms with E-state index in [9.17, 15) is 4.79 Å². The first-order chi connectivity index (χ1) is 6.65. The molecule has 0 spiro atoms. The van der Waals surface area contributed by atoms with Crippen LogP contribution in [0.4, 0.5) is 0 Å². The molecule has 0 radical (unpaired) electrons. The van der Waals surface area contributed by atoms with Gasteiger partial charge in [0.1, 0.15) is 5.78 Å². The Bertz CT molecular complexity index is 155. The first kappa shape index (κ1) is 13.6. The molecule has 84 valence electrons. The van der Waals surface area contributed by atoms with Gasteiger partial charge in [-0.05, 0) is 19.8 Å². The average molecular weight is 201 g/mol. The summed E-state index contributed by atoms with van der Waals surface area (Å²) in [5.41, 5.74) is 0. The third-order valence-corrected chi connectivity index (χ3v) is 2.60. The van der Waals surface area contributed by atoms with Gasteiger partial charge in [0.05, 0.1) is 6.61 Å². The van der Waals surface area contributed by atoms with Crippen LogP contribution in [-0.2, 0) is 4.79 Å². The second-order valence-corrected chi connectivity index (χ2v) is 3.68. The van der Waals surface area contributed by atoms with E-state index in [4.69, 9.17) is 5.11 Å². The summed E-state index contributed by atoms with van der Waals surface area (Å²) < 4.78 is 0. The lowest BCUT2D eigenvalue weighted by atomic mass is 10.1. The van der Waals surface area contributed by atoms with Crippen LogP contribution < -0.4 is 0 Å².